The lowest BCUT2D eigenvalue weighted by Gasteiger charge is -2.22. The van der Waals surface area contributed by atoms with Gasteiger partial charge in [0.05, 0.1) is 0 Å². The molecular formula is C16H24N6. The molecule has 2 heterocycles. The van der Waals surface area contributed by atoms with Crippen LogP contribution < -0.4 is 4.90 Å². The Morgan fingerprint density at radius 1 is 1.27 bits per heavy atom. The Morgan fingerprint density at radius 3 is 2.91 bits per heavy atom. The van der Waals surface area contributed by atoms with E-state index in [4.69, 9.17) is 0 Å². The largest absolute Gasteiger partial charge is 0.371 e. The quantitative estimate of drug-likeness (QED) is 0.776. The first-order valence-electron chi connectivity index (χ1n) is 8.00. The Labute approximate surface area is 131 Å². The van der Waals surface area contributed by atoms with Gasteiger partial charge >= 0.3 is 0 Å². The fourth-order valence-corrected chi connectivity index (χ4v) is 3.17. The van der Waals surface area contributed by atoms with E-state index in [-0.39, 0.29) is 0 Å². The molecule has 2 aromatic rings. The van der Waals surface area contributed by atoms with E-state index in [9.17, 15) is 0 Å². The Bertz CT molecular complexity index is 541. The second kappa shape index (κ2) is 7.35. The molecule has 0 N–H and O–H groups in total. The molecule has 0 spiro atoms. The highest BCUT2D eigenvalue weighted by Crippen LogP contribution is 2.23. The number of benzene rings is 1. The van der Waals surface area contributed by atoms with Crippen LogP contribution in [0.2, 0.25) is 0 Å². The number of nitrogens with zero attached hydrogens (tertiary/aromatic N) is 6. The van der Waals surface area contributed by atoms with Gasteiger partial charge in [0.25, 0.3) is 0 Å². The summed E-state index contributed by atoms with van der Waals surface area (Å²) >= 11 is 0. The summed E-state index contributed by atoms with van der Waals surface area (Å²) < 4.78 is 1.79. The van der Waals surface area contributed by atoms with Crippen LogP contribution >= 0.6 is 0 Å². The Kier molecular flexibility index (Phi) is 5.00. The normalized spacial score (nSPS) is 18.3. The highest BCUT2D eigenvalue weighted by atomic mass is 15.5. The van der Waals surface area contributed by atoms with Gasteiger partial charge < -0.3 is 9.80 Å². The van der Waals surface area contributed by atoms with E-state index in [0.717, 1.165) is 25.4 Å². The van der Waals surface area contributed by atoms with Gasteiger partial charge in [0.15, 0.2) is 0 Å². The fourth-order valence-electron chi connectivity index (χ4n) is 3.17. The standard InChI is InChI=1S/C16H24N6/c1-20(9-5-10-22-14-17-18-19-22)12-15-8-11-21(13-15)16-6-3-2-4-7-16/h2-4,6-7,14-15H,5,8-13H2,1H3/t15-/m1/s1. The Balaban J connectivity index is 1.38. The zero-order chi connectivity index (χ0) is 15.2. The summed E-state index contributed by atoms with van der Waals surface area (Å²) in [7, 11) is 2.21. The number of tetrazole rings is 1. The van der Waals surface area contributed by atoms with E-state index in [0.29, 0.717) is 0 Å². The molecule has 0 unspecified atom stereocenters. The summed E-state index contributed by atoms with van der Waals surface area (Å²) in [4.78, 5) is 4.93. The van der Waals surface area contributed by atoms with Crippen molar-refractivity contribution in [2.75, 3.05) is 38.1 Å². The van der Waals surface area contributed by atoms with Crippen molar-refractivity contribution in [3.05, 3.63) is 36.7 Å². The summed E-state index contributed by atoms with van der Waals surface area (Å²) in [6.07, 6.45) is 4.04. The maximum Gasteiger partial charge on any atom is 0.138 e. The molecule has 6 nitrogen and oxygen atoms in total. The lowest BCUT2D eigenvalue weighted by Crippen LogP contribution is -2.29. The topological polar surface area (TPSA) is 50.1 Å². The maximum atomic E-state index is 3.89. The predicted octanol–water partition coefficient (Wildman–Crippen LogP) is 1.52. The van der Waals surface area contributed by atoms with Crippen molar-refractivity contribution in [1.82, 2.24) is 25.1 Å². The zero-order valence-corrected chi connectivity index (χ0v) is 13.2. The molecule has 6 heteroatoms. The van der Waals surface area contributed by atoms with E-state index in [1.54, 1.807) is 11.0 Å². The van der Waals surface area contributed by atoms with Crippen molar-refractivity contribution >= 4 is 5.69 Å². The molecule has 0 amide bonds. The van der Waals surface area contributed by atoms with Gasteiger partial charge in [-0.3, -0.25) is 0 Å². The lowest BCUT2D eigenvalue weighted by atomic mass is 10.1. The Morgan fingerprint density at radius 2 is 2.14 bits per heavy atom. The lowest BCUT2D eigenvalue weighted by molar-refractivity contribution is 0.276. The van der Waals surface area contributed by atoms with Crippen LogP contribution in [0.25, 0.3) is 0 Å². The summed E-state index contributed by atoms with van der Waals surface area (Å²) in [5.74, 6) is 0.762. The Hall–Kier alpha value is -1.95. The van der Waals surface area contributed by atoms with E-state index < -0.39 is 0 Å². The van der Waals surface area contributed by atoms with Crippen molar-refractivity contribution in [3.8, 4) is 0 Å². The summed E-state index contributed by atoms with van der Waals surface area (Å²) in [6, 6.07) is 10.7. The molecule has 0 saturated carbocycles. The van der Waals surface area contributed by atoms with Gasteiger partial charge in [0.1, 0.15) is 6.33 Å². The molecule has 3 rings (SSSR count). The number of aryl methyl sites for hydroxylation is 1. The van der Waals surface area contributed by atoms with Crippen LogP contribution in [-0.2, 0) is 6.54 Å². The number of anilines is 1. The van der Waals surface area contributed by atoms with Gasteiger partial charge in [-0.15, -0.1) is 5.10 Å². The second-order valence-corrected chi connectivity index (χ2v) is 6.12. The smallest absolute Gasteiger partial charge is 0.138 e. The number of hydrogen-bond acceptors (Lipinski definition) is 5. The second-order valence-electron chi connectivity index (χ2n) is 6.12. The zero-order valence-electron chi connectivity index (χ0n) is 13.2. The molecule has 1 atom stereocenters. The molecular weight excluding hydrogens is 276 g/mol. The first-order chi connectivity index (χ1) is 10.8. The van der Waals surface area contributed by atoms with Crippen molar-refractivity contribution in [2.24, 2.45) is 5.92 Å². The van der Waals surface area contributed by atoms with Gasteiger partial charge in [0.2, 0.25) is 0 Å². The SMILES string of the molecule is CN(CCCn1cnnn1)C[C@H]1CCN(c2ccccc2)C1. The third-order valence-electron chi connectivity index (χ3n) is 4.30. The number of para-hydroxylation sites is 1. The summed E-state index contributed by atoms with van der Waals surface area (Å²) in [5.41, 5.74) is 1.35. The number of hydrogen-bond donors (Lipinski definition) is 0. The molecule has 0 radical (unpaired) electrons. The minimum atomic E-state index is 0.762. The summed E-state index contributed by atoms with van der Waals surface area (Å²) in [5, 5.41) is 11.2. The van der Waals surface area contributed by atoms with Crippen molar-refractivity contribution < 1.29 is 0 Å². The molecule has 1 saturated heterocycles. The third kappa shape index (κ3) is 4.04. The molecule has 1 fully saturated rings. The van der Waals surface area contributed by atoms with Crippen LogP contribution in [0.1, 0.15) is 12.8 Å². The van der Waals surface area contributed by atoms with Crippen LogP contribution in [0, 0.1) is 5.92 Å². The van der Waals surface area contributed by atoms with E-state index in [1.165, 1.54) is 31.7 Å². The van der Waals surface area contributed by atoms with Gasteiger partial charge in [-0.25, -0.2) is 4.68 Å². The first-order valence-corrected chi connectivity index (χ1v) is 8.00. The molecule has 22 heavy (non-hydrogen) atoms. The number of rotatable bonds is 7. The van der Waals surface area contributed by atoms with E-state index >= 15 is 0 Å². The molecule has 118 valence electrons. The van der Waals surface area contributed by atoms with Crippen molar-refractivity contribution in [2.45, 2.75) is 19.4 Å². The van der Waals surface area contributed by atoms with Gasteiger partial charge in [0, 0.05) is 31.9 Å². The van der Waals surface area contributed by atoms with Gasteiger partial charge in [-0.05, 0) is 54.9 Å². The minimum Gasteiger partial charge on any atom is -0.371 e. The van der Waals surface area contributed by atoms with Gasteiger partial charge in [-0.2, -0.15) is 0 Å². The van der Waals surface area contributed by atoms with Crippen LogP contribution in [0.4, 0.5) is 5.69 Å². The first kappa shape index (κ1) is 15.0. The predicted molar refractivity (Wildman–Crippen MR) is 86.7 cm³/mol. The minimum absolute atomic E-state index is 0.762. The van der Waals surface area contributed by atoms with E-state index in [1.807, 2.05) is 0 Å². The third-order valence-corrected chi connectivity index (χ3v) is 4.30. The summed E-state index contributed by atoms with van der Waals surface area (Å²) in [6.45, 7) is 5.48. The molecule has 1 aliphatic heterocycles. The van der Waals surface area contributed by atoms with Crippen molar-refractivity contribution in [3.63, 3.8) is 0 Å². The fraction of sp³-hybridized carbons (Fsp3) is 0.562. The highest BCUT2D eigenvalue weighted by Gasteiger charge is 2.23. The maximum absolute atomic E-state index is 3.89. The van der Waals surface area contributed by atoms with Gasteiger partial charge in [-0.1, -0.05) is 18.2 Å². The van der Waals surface area contributed by atoms with Crippen LogP contribution in [-0.4, -0.2) is 58.3 Å². The molecule has 0 aliphatic carbocycles. The molecule has 1 aromatic heterocycles. The van der Waals surface area contributed by atoms with Crippen LogP contribution in [0.3, 0.4) is 0 Å². The average molecular weight is 300 g/mol. The molecule has 1 aromatic carbocycles. The monoisotopic (exact) mass is 300 g/mol. The molecule has 0 bridgehead atoms. The average Bonchev–Trinajstić information content (AvgIpc) is 3.20. The highest BCUT2D eigenvalue weighted by molar-refractivity contribution is 5.46. The van der Waals surface area contributed by atoms with E-state index in [2.05, 4.69) is 62.7 Å². The van der Waals surface area contributed by atoms with Crippen LogP contribution in [0.15, 0.2) is 36.7 Å². The van der Waals surface area contributed by atoms with Crippen molar-refractivity contribution in [1.29, 1.82) is 0 Å². The van der Waals surface area contributed by atoms with Crippen LogP contribution in [0.5, 0.6) is 0 Å². The molecule has 1 aliphatic rings. The number of aromatic nitrogens is 4.